The van der Waals surface area contributed by atoms with Gasteiger partial charge in [-0.3, -0.25) is 4.57 Å². The molecule has 0 bridgehead atoms. The van der Waals surface area contributed by atoms with Crippen molar-refractivity contribution in [2.75, 3.05) is 13.2 Å². The second-order valence-electron chi connectivity index (χ2n) is 4.67. The molecule has 0 aromatic heterocycles. The topological polar surface area (TPSA) is 35.5 Å². The zero-order chi connectivity index (χ0) is 15.0. The van der Waals surface area contributed by atoms with E-state index in [1.807, 2.05) is 43.3 Å². The number of hydrogen-bond donors (Lipinski definition) is 0. The third kappa shape index (κ3) is 4.82. The maximum absolute atomic E-state index is 12.8. The zero-order valence-electron chi connectivity index (χ0n) is 12.3. The predicted octanol–water partition coefficient (Wildman–Crippen LogP) is 4.19. The highest BCUT2D eigenvalue weighted by Crippen LogP contribution is 2.46. The fourth-order valence-electron chi connectivity index (χ4n) is 2.07. The molecule has 4 heteroatoms. The zero-order valence-corrected chi connectivity index (χ0v) is 13.2. The minimum Gasteiger partial charge on any atom is -0.305 e. The molecular formula is C17H21O3P. The molecule has 0 amide bonds. The lowest BCUT2D eigenvalue weighted by Gasteiger charge is -2.18. The number of aryl methyl sites for hydroxylation is 1. The van der Waals surface area contributed by atoms with Gasteiger partial charge in [-0.2, -0.15) is 0 Å². The Morgan fingerprint density at radius 3 is 2.14 bits per heavy atom. The lowest BCUT2D eigenvalue weighted by Crippen LogP contribution is -2.11. The van der Waals surface area contributed by atoms with E-state index in [-0.39, 0.29) is 0 Å². The van der Waals surface area contributed by atoms with Crippen LogP contribution in [0, 0.1) is 0 Å². The van der Waals surface area contributed by atoms with Crippen LogP contribution >= 0.6 is 7.60 Å². The first-order valence-electron chi connectivity index (χ1n) is 7.23. The summed E-state index contributed by atoms with van der Waals surface area (Å²) in [6.07, 6.45) is 1.72. The van der Waals surface area contributed by atoms with Crippen LogP contribution in [0.2, 0.25) is 0 Å². The van der Waals surface area contributed by atoms with Gasteiger partial charge in [-0.05, 0) is 37.5 Å². The molecule has 2 rings (SSSR count). The molecule has 0 N–H and O–H groups in total. The summed E-state index contributed by atoms with van der Waals surface area (Å²) in [6, 6.07) is 19.3. The van der Waals surface area contributed by atoms with Crippen molar-refractivity contribution in [1.29, 1.82) is 0 Å². The highest BCUT2D eigenvalue weighted by molar-refractivity contribution is 7.62. The molecule has 2 aromatic carbocycles. The molecule has 0 radical (unpaired) electrons. The van der Waals surface area contributed by atoms with Crippen molar-refractivity contribution >= 4 is 12.9 Å². The van der Waals surface area contributed by atoms with E-state index in [0.29, 0.717) is 18.5 Å². The Bertz CT molecular complexity index is 569. The molecule has 2 aromatic rings. The number of benzene rings is 2. The van der Waals surface area contributed by atoms with Crippen LogP contribution < -0.4 is 5.30 Å². The Morgan fingerprint density at radius 1 is 0.905 bits per heavy atom. The first-order chi connectivity index (χ1) is 10.2. The third-order valence-electron chi connectivity index (χ3n) is 3.09. The fourth-order valence-corrected chi connectivity index (χ4v) is 3.69. The molecular weight excluding hydrogens is 283 g/mol. The van der Waals surface area contributed by atoms with Crippen LogP contribution in [0.4, 0.5) is 0 Å². The Balaban J connectivity index is 1.90. The van der Waals surface area contributed by atoms with E-state index < -0.39 is 7.60 Å². The van der Waals surface area contributed by atoms with Gasteiger partial charge >= 0.3 is 7.60 Å². The Hall–Kier alpha value is -1.41. The van der Waals surface area contributed by atoms with E-state index in [4.69, 9.17) is 9.05 Å². The van der Waals surface area contributed by atoms with Crippen LogP contribution in [-0.2, 0) is 20.0 Å². The number of rotatable bonds is 8. The number of hydrogen-bond acceptors (Lipinski definition) is 3. The fraction of sp³-hybridized carbons (Fsp3) is 0.294. The van der Waals surface area contributed by atoms with Gasteiger partial charge < -0.3 is 9.05 Å². The molecule has 1 atom stereocenters. The van der Waals surface area contributed by atoms with Crippen LogP contribution in [0.15, 0.2) is 60.7 Å². The predicted molar refractivity (Wildman–Crippen MR) is 86.0 cm³/mol. The molecule has 0 fully saturated rings. The Morgan fingerprint density at radius 2 is 1.52 bits per heavy atom. The van der Waals surface area contributed by atoms with E-state index >= 15 is 0 Å². The van der Waals surface area contributed by atoms with Crippen molar-refractivity contribution < 1.29 is 13.6 Å². The van der Waals surface area contributed by atoms with Crippen molar-refractivity contribution in [1.82, 2.24) is 0 Å². The van der Waals surface area contributed by atoms with Gasteiger partial charge in [0.1, 0.15) is 0 Å². The van der Waals surface area contributed by atoms with Gasteiger partial charge in [-0.15, -0.1) is 0 Å². The smallest absolute Gasteiger partial charge is 0.305 e. The van der Waals surface area contributed by atoms with Gasteiger partial charge in [0.2, 0.25) is 0 Å². The largest absolute Gasteiger partial charge is 0.361 e. The van der Waals surface area contributed by atoms with E-state index in [2.05, 4.69) is 12.1 Å². The summed E-state index contributed by atoms with van der Waals surface area (Å²) in [5.74, 6) is 0. The maximum Gasteiger partial charge on any atom is 0.361 e. The third-order valence-corrected chi connectivity index (χ3v) is 5.14. The van der Waals surface area contributed by atoms with E-state index in [1.165, 1.54) is 5.56 Å². The molecule has 112 valence electrons. The molecule has 0 saturated carbocycles. The van der Waals surface area contributed by atoms with Crippen molar-refractivity contribution in [3.05, 3.63) is 66.2 Å². The molecule has 21 heavy (non-hydrogen) atoms. The van der Waals surface area contributed by atoms with Crippen molar-refractivity contribution in [2.24, 2.45) is 0 Å². The minimum atomic E-state index is -3.19. The van der Waals surface area contributed by atoms with E-state index in [1.54, 1.807) is 12.1 Å². The average molecular weight is 304 g/mol. The summed E-state index contributed by atoms with van der Waals surface area (Å²) in [7, 11) is -3.19. The monoisotopic (exact) mass is 304 g/mol. The first kappa shape index (κ1) is 16.0. The normalized spacial score (nSPS) is 13.8. The van der Waals surface area contributed by atoms with Gasteiger partial charge in [-0.1, -0.05) is 48.5 Å². The van der Waals surface area contributed by atoms with Crippen LogP contribution in [0.3, 0.4) is 0 Å². The summed E-state index contributed by atoms with van der Waals surface area (Å²) in [5, 5.41) is 0.617. The van der Waals surface area contributed by atoms with Crippen molar-refractivity contribution in [3.8, 4) is 0 Å². The van der Waals surface area contributed by atoms with E-state index in [9.17, 15) is 4.57 Å². The van der Waals surface area contributed by atoms with Crippen LogP contribution in [0.25, 0.3) is 0 Å². The Labute approximate surface area is 126 Å². The molecule has 3 nitrogen and oxygen atoms in total. The Kier molecular flexibility index (Phi) is 6.19. The summed E-state index contributed by atoms with van der Waals surface area (Å²) in [4.78, 5) is 0. The summed E-state index contributed by atoms with van der Waals surface area (Å²) >= 11 is 0. The summed E-state index contributed by atoms with van der Waals surface area (Å²) in [5.41, 5.74) is 1.26. The summed E-state index contributed by atoms with van der Waals surface area (Å²) < 4.78 is 23.8. The lowest BCUT2D eigenvalue weighted by atomic mass is 10.1. The van der Waals surface area contributed by atoms with Gasteiger partial charge in [0.25, 0.3) is 0 Å². The second kappa shape index (κ2) is 8.14. The molecule has 0 aliphatic rings. The van der Waals surface area contributed by atoms with Crippen LogP contribution in [-0.4, -0.2) is 13.2 Å². The maximum atomic E-state index is 12.8. The van der Waals surface area contributed by atoms with Gasteiger partial charge in [-0.25, -0.2) is 0 Å². The van der Waals surface area contributed by atoms with Crippen LogP contribution in [0.5, 0.6) is 0 Å². The molecule has 0 heterocycles. The van der Waals surface area contributed by atoms with Crippen molar-refractivity contribution in [3.63, 3.8) is 0 Å². The van der Waals surface area contributed by atoms with Gasteiger partial charge in [0, 0.05) is 0 Å². The highest BCUT2D eigenvalue weighted by Gasteiger charge is 2.26. The van der Waals surface area contributed by atoms with Crippen LogP contribution in [0.1, 0.15) is 18.9 Å². The minimum absolute atomic E-state index is 0.366. The standard InChI is InChI=1S/C17H21O3P/c1-2-19-21(18,17-13-7-4-8-14-17)20-15-9-12-16-10-5-3-6-11-16/h3-8,10-11,13-14H,2,9,12,15H2,1H3. The lowest BCUT2D eigenvalue weighted by molar-refractivity contribution is 0.219. The van der Waals surface area contributed by atoms with E-state index in [0.717, 1.165) is 12.8 Å². The van der Waals surface area contributed by atoms with Gasteiger partial charge in [0.15, 0.2) is 0 Å². The quantitative estimate of drug-likeness (QED) is 0.542. The first-order valence-corrected chi connectivity index (χ1v) is 8.77. The molecule has 0 aliphatic carbocycles. The second-order valence-corrected chi connectivity index (χ2v) is 6.70. The highest BCUT2D eigenvalue weighted by atomic mass is 31.2. The molecule has 0 spiro atoms. The molecule has 1 unspecified atom stereocenters. The SMILES string of the molecule is CCOP(=O)(OCCCc1ccccc1)c1ccccc1. The molecule has 0 aliphatic heterocycles. The van der Waals surface area contributed by atoms with Crippen molar-refractivity contribution in [2.45, 2.75) is 19.8 Å². The summed E-state index contributed by atoms with van der Waals surface area (Å²) in [6.45, 7) is 2.61. The average Bonchev–Trinajstić information content (AvgIpc) is 2.54. The van der Waals surface area contributed by atoms with Gasteiger partial charge in [0.05, 0.1) is 18.5 Å². The molecule has 0 saturated heterocycles.